The largest absolute Gasteiger partial charge is 0.452 e. The van der Waals surface area contributed by atoms with Crippen LogP contribution < -0.4 is 5.32 Å². The Bertz CT molecular complexity index is 795. The van der Waals surface area contributed by atoms with Crippen LogP contribution in [0.1, 0.15) is 10.4 Å². The van der Waals surface area contributed by atoms with Crippen molar-refractivity contribution in [2.45, 2.75) is 0 Å². The maximum absolute atomic E-state index is 13.2. The Morgan fingerprint density at radius 3 is 2.50 bits per heavy atom. The van der Waals surface area contributed by atoms with Crippen LogP contribution in [0.25, 0.3) is 0 Å². The van der Waals surface area contributed by atoms with Gasteiger partial charge in [-0.25, -0.2) is 4.79 Å². The molecule has 2 aromatic rings. The average Bonchev–Trinajstić information content (AvgIpc) is 2.55. The highest BCUT2D eigenvalue weighted by Crippen LogP contribution is 2.21. The van der Waals surface area contributed by atoms with Crippen molar-refractivity contribution < 1.29 is 23.6 Å². The minimum atomic E-state index is -1.01. The molecular formula is C15H10FIN2O5. The van der Waals surface area contributed by atoms with E-state index < -0.39 is 34.9 Å². The highest BCUT2D eigenvalue weighted by atomic mass is 127. The third-order valence-corrected chi connectivity index (χ3v) is 3.56. The summed E-state index contributed by atoms with van der Waals surface area (Å²) < 4.78 is 19.0. The first-order valence-corrected chi connectivity index (χ1v) is 7.61. The van der Waals surface area contributed by atoms with Crippen LogP contribution in [0.4, 0.5) is 15.8 Å². The molecule has 0 heterocycles. The second-order valence-corrected chi connectivity index (χ2v) is 5.80. The van der Waals surface area contributed by atoms with Crippen LogP contribution in [0.5, 0.6) is 0 Å². The molecule has 0 aliphatic heterocycles. The van der Waals surface area contributed by atoms with E-state index in [-0.39, 0.29) is 5.69 Å². The van der Waals surface area contributed by atoms with Gasteiger partial charge >= 0.3 is 11.7 Å². The lowest BCUT2D eigenvalue weighted by Gasteiger charge is -2.07. The molecule has 124 valence electrons. The van der Waals surface area contributed by atoms with Gasteiger partial charge in [0.15, 0.2) is 6.61 Å². The van der Waals surface area contributed by atoms with Gasteiger partial charge in [0.1, 0.15) is 0 Å². The number of carbonyl (C=O) groups is 2. The number of nitro benzene ring substituents is 1. The number of carbonyl (C=O) groups excluding carboxylic acids is 2. The monoisotopic (exact) mass is 444 g/mol. The number of halogens is 2. The molecule has 0 aliphatic carbocycles. The van der Waals surface area contributed by atoms with Crippen molar-refractivity contribution in [3.63, 3.8) is 0 Å². The van der Waals surface area contributed by atoms with Gasteiger partial charge in [-0.3, -0.25) is 14.9 Å². The van der Waals surface area contributed by atoms with Crippen molar-refractivity contribution in [1.82, 2.24) is 0 Å². The minimum absolute atomic E-state index is 0.0263. The maximum Gasteiger partial charge on any atom is 0.338 e. The number of esters is 1. The Morgan fingerprint density at radius 1 is 1.21 bits per heavy atom. The molecule has 0 saturated heterocycles. The van der Waals surface area contributed by atoms with E-state index in [9.17, 15) is 24.1 Å². The van der Waals surface area contributed by atoms with E-state index in [0.717, 1.165) is 15.7 Å². The third kappa shape index (κ3) is 4.72. The first-order valence-electron chi connectivity index (χ1n) is 6.53. The van der Waals surface area contributed by atoms with Crippen molar-refractivity contribution in [2.75, 3.05) is 11.9 Å². The lowest BCUT2D eigenvalue weighted by molar-refractivity contribution is -0.387. The van der Waals surface area contributed by atoms with Crippen molar-refractivity contribution in [2.24, 2.45) is 0 Å². The summed E-state index contributed by atoms with van der Waals surface area (Å²) in [6.45, 7) is -0.573. The van der Waals surface area contributed by atoms with Crippen LogP contribution in [-0.4, -0.2) is 23.4 Å². The molecule has 0 spiro atoms. The van der Waals surface area contributed by atoms with E-state index in [1.54, 1.807) is 24.3 Å². The fourth-order valence-electron chi connectivity index (χ4n) is 1.73. The third-order valence-electron chi connectivity index (χ3n) is 2.84. The normalized spacial score (nSPS) is 10.1. The van der Waals surface area contributed by atoms with E-state index in [1.807, 2.05) is 0 Å². The van der Waals surface area contributed by atoms with Crippen LogP contribution >= 0.6 is 22.6 Å². The molecular weight excluding hydrogens is 434 g/mol. The molecule has 9 heteroatoms. The lowest BCUT2D eigenvalue weighted by atomic mass is 10.2. The first kappa shape index (κ1) is 17.8. The van der Waals surface area contributed by atoms with Crippen molar-refractivity contribution >= 4 is 45.8 Å². The standard InChI is InChI=1S/C15H10FIN2O5/c16-12-6-5-11(7-13(12)19(22)23)18-14(20)8-24-15(21)9-1-3-10(17)4-2-9/h1-7H,8H2,(H,18,20). The summed E-state index contributed by atoms with van der Waals surface area (Å²) in [6.07, 6.45) is 0. The van der Waals surface area contributed by atoms with Crippen molar-refractivity contribution in [3.8, 4) is 0 Å². The lowest BCUT2D eigenvalue weighted by Crippen LogP contribution is -2.21. The molecule has 1 N–H and O–H groups in total. The zero-order valence-corrected chi connectivity index (χ0v) is 14.2. The first-order chi connectivity index (χ1) is 11.4. The minimum Gasteiger partial charge on any atom is -0.452 e. The molecule has 2 rings (SSSR count). The summed E-state index contributed by atoms with van der Waals surface area (Å²) >= 11 is 2.08. The second-order valence-electron chi connectivity index (χ2n) is 4.55. The molecule has 2 aromatic carbocycles. The van der Waals surface area contributed by atoms with E-state index in [1.165, 1.54) is 6.07 Å². The zero-order valence-electron chi connectivity index (χ0n) is 12.0. The van der Waals surface area contributed by atoms with E-state index in [4.69, 9.17) is 4.74 Å². The summed E-state index contributed by atoms with van der Waals surface area (Å²) in [7, 11) is 0. The number of rotatable bonds is 5. The second kappa shape index (κ2) is 7.81. The van der Waals surface area contributed by atoms with Crippen molar-refractivity contribution in [3.05, 3.63) is 67.5 Å². The fourth-order valence-corrected chi connectivity index (χ4v) is 2.09. The Balaban J connectivity index is 1.94. The van der Waals surface area contributed by atoms with E-state index >= 15 is 0 Å². The molecule has 7 nitrogen and oxygen atoms in total. The predicted molar refractivity (Wildman–Crippen MR) is 91.1 cm³/mol. The van der Waals surface area contributed by atoms with Crippen LogP contribution in [0, 0.1) is 19.5 Å². The highest BCUT2D eigenvalue weighted by Gasteiger charge is 2.16. The van der Waals surface area contributed by atoms with Gasteiger partial charge in [0.25, 0.3) is 5.91 Å². The zero-order chi connectivity index (χ0) is 17.7. The molecule has 0 unspecified atom stereocenters. The van der Waals surface area contributed by atoms with Gasteiger partial charge in [-0.2, -0.15) is 4.39 Å². The van der Waals surface area contributed by atoms with Crippen molar-refractivity contribution in [1.29, 1.82) is 0 Å². The van der Waals surface area contributed by atoms with Gasteiger partial charge in [0.2, 0.25) is 5.82 Å². The molecule has 0 aromatic heterocycles. The van der Waals surface area contributed by atoms with Crippen LogP contribution in [-0.2, 0) is 9.53 Å². The summed E-state index contributed by atoms with van der Waals surface area (Å²) in [5, 5.41) is 12.9. The summed E-state index contributed by atoms with van der Waals surface area (Å²) in [6, 6.07) is 9.47. The van der Waals surface area contributed by atoms with Gasteiger partial charge < -0.3 is 10.1 Å². The number of amides is 1. The molecule has 1 amide bonds. The fraction of sp³-hybridized carbons (Fsp3) is 0.0667. The van der Waals surface area contributed by atoms with Gasteiger partial charge in [-0.05, 0) is 59.0 Å². The number of anilines is 1. The van der Waals surface area contributed by atoms with Gasteiger partial charge in [-0.15, -0.1) is 0 Å². The van der Waals surface area contributed by atoms with Crippen LogP contribution in [0.15, 0.2) is 42.5 Å². The quantitative estimate of drug-likeness (QED) is 0.331. The number of nitrogens with zero attached hydrogens (tertiary/aromatic N) is 1. The van der Waals surface area contributed by atoms with Crippen LogP contribution in [0.2, 0.25) is 0 Å². The summed E-state index contributed by atoms with van der Waals surface area (Å²) in [5.41, 5.74) is -0.442. The molecule has 0 bridgehead atoms. The number of benzene rings is 2. The molecule has 0 saturated carbocycles. The summed E-state index contributed by atoms with van der Waals surface area (Å²) in [5.74, 6) is -2.38. The smallest absolute Gasteiger partial charge is 0.338 e. The Morgan fingerprint density at radius 2 is 1.88 bits per heavy atom. The molecule has 0 fully saturated rings. The molecule has 0 radical (unpaired) electrons. The Labute approximate surface area is 149 Å². The highest BCUT2D eigenvalue weighted by molar-refractivity contribution is 14.1. The topological polar surface area (TPSA) is 98.5 Å². The Kier molecular flexibility index (Phi) is 5.79. The number of nitrogens with one attached hydrogen (secondary N) is 1. The van der Waals surface area contributed by atoms with Gasteiger partial charge in [-0.1, -0.05) is 0 Å². The van der Waals surface area contributed by atoms with E-state index in [2.05, 4.69) is 27.9 Å². The van der Waals surface area contributed by atoms with E-state index in [0.29, 0.717) is 5.56 Å². The molecule has 0 aliphatic rings. The number of ether oxygens (including phenoxy) is 1. The SMILES string of the molecule is O=C(COC(=O)c1ccc(I)cc1)Nc1ccc(F)c([N+](=O)[O-])c1. The average molecular weight is 444 g/mol. The Hall–Kier alpha value is -2.56. The molecule has 0 atom stereocenters. The number of hydrogen-bond acceptors (Lipinski definition) is 5. The summed E-state index contributed by atoms with van der Waals surface area (Å²) in [4.78, 5) is 33.2. The maximum atomic E-state index is 13.2. The number of hydrogen-bond donors (Lipinski definition) is 1. The molecule has 24 heavy (non-hydrogen) atoms. The predicted octanol–water partition coefficient (Wildman–Crippen LogP) is 3.13. The van der Waals surface area contributed by atoms with Gasteiger partial charge in [0, 0.05) is 15.3 Å². The van der Waals surface area contributed by atoms with Gasteiger partial charge in [0.05, 0.1) is 10.5 Å². The van der Waals surface area contributed by atoms with Crippen LogP contribution in [0.3, 0.4) is 0 Å². The number of nitro groups is 1.